The zero-order chi connectivity index (χ0) is 12.3. The van der Waals surface area contributed by atoms with Gasteiger partial charge in [0.2, 0.25) is 5.91 Å². The van der Waals surface area contributed by atoms with E-state index in [9.17, 15) is 4.79 Å². The van der Waals surface area contributed by atoms with E-state index in [1.165, 1.54) is 5.69 Å². The first-order valence-corrected chi connectivity index (χ1v) is 6.03. The number of nitrogens with one attached hydrogen (secondary N) is 1. The van der Waals surface area contributed by atoms with E-state index in [0.29, 0.717) is 0 Å². The molecule has 1 amide bonds. The summed E-state index contributed by atoms with van der Waals surface area (Å²) in [4.78, 5) is 13.8. The van der Waals surface area contributed by atoms with E-state index in [0.717, 1.165) is 19.5 Å². The normalized spacial score (nSPS) is 21.3. The fourth-order valence-electron chi connectivity index (χ4n) is 2.08. The van der Waals surface area contributed by atoms with Crippen molar-refractivity contribution in [1.82, 2.24) is 5.32 Å². The van der Waals surface area contributed by atoms with Gasteiger partial charge in [-0.05, 0) is 25.5 Å². The highest BCUT2D eigenvalue weighted by Crippen LogP contribution is 2.19. The van der Waals surface area contributed by atoms with Gasteiger partial charge in [0.05, 0.1) is 6.04 Å². The zero-order valence-corrected chi connectivity index (χ0v) is 10.1. The number of para-hydroxylation sites is 1. The molecule has 1 unspecified atom stereocenters. The number of nitrogens with two attached hydrogens (primary N) is 1. The molecule has 4 nitrogen and oxygen atoms in total. The summed E-state index contributed by atoms with van der Waals surface area (Å²) in [5, 5.41) is 2.97. The van der Waals surface area contributed by atoms with Crippen molar-refractivity contribution in [2.75, 3.05) is 18.0 Å². The van der Waals surface area contributed by atoms with E-state index < -0.39 is 6.04 Å². The van der Waals surface area contributed by atoms with Crippen LogP contribution in [0, 0.1) is 0 Å². The second-order valence-corrected chi connectivity index (χ2v) is 4.56. The predicted molar refractivity (Wildman–Crippen MR) is 68.9 cm³/mol. The molecule has 1 aliphatic heterocycles. The zero-order valence-electron chi connectivity index (χ0n) is 10.1. The Morgan fingerprint density at radius 1 is 1.47 bits per heavy atom. The highest BCUT2D eigenvalue weighted by Gasteiger charge is 2.24. The van der Waals surface area contributed by atoms with Gasteiger partial charge in [-0.15, -0.1) is 0 Å². The minimum Gasteiger partial charge on any atom is -0.369 e. The number of carbonyl (C=O) groups excluding carboxylic acids is 1. The van der Waals surface area contributed by atoms with Crippen LogP contribution < -0.4 is 16.0 Å². The van der Waals surface area contributed by atoms with Gasteiger partial charge in [0.25, 0.3) is 0 Å². The molecule has 0 saturated carbocycles. The number of nitrogens with zero attached hydrogens (tertiary/aromatic N) is 1. The molecule has 92 valence electrons. The summed E-state index contributed by atoms with van der Waals surface area (Å²) in [5.41, 5.74) is 6.75. The van der Waals surface area contributed by atoms with Gasteiger partial charge < -0.3 is 16.0 Å². The summed E-state index contributed by atoms with van der Waals surface area (Å²) < 4.78 is 0. The van der Waals surface area contributed by atoms with Crippen LogP contribution in [0.2, 0.25) is 0 Å². The minimum atomic E-state index is -0.430. The Balaban J connectivity index is 1.90. The fourth-order valence-corrected chi connectivity index (χ4v) is 2.08. The standard InChI is InChI=1S/C13H19N3O/c1-10(14)13(17)15-11-7-8-16(9-11)12-5-3-2-4-6-12/h2-6,10-11H,7-9,14H2,1H3,(H,15,17)/t10-,11?/m1/s1. The van der Waals surface area contributed by atoms with Gasteiger partial charge in [-0.2, -0.15) is 0 Å². The quantitative estimate of drug-likeness (QED) is 0.809. The van der Waals surface area contributed by atoms with Crippen LogP contribution in [-0.4, -0.2) is 31.1 Å². The third-order valence-corrected chi connectivity index (χ3v) is 3.07. The maximum absolute atomic E-state index is 11.5. The van der Waals surface area contributed by atoms with E-state index in [4.69, 9.17) is 5.73 Å². The van der Waals surface area contributed by atoms with E-state index in [-0.39, 0.29) is 11.9 Å². The lowest BCUT2D eigenvalue weighted by molar-refractivity contribution is -0.122. The number of rotatable bonds is 3. The molecule has 0 spiro atoms. The Morgan fingerprint density at radius 3 is 2.82 bits per heavy atom. The molecule has 1 aliphatic rings. The molecule has 17 heavy (non-hydrogen) atoms. The molecule has 3 N–H and O–H groups in total. The van der Waals surface area contributed by atoms with Crippen molar-refractivity contribution in [3.8, 4) is 0 Å². The highest BCUT2D eigenvalue weighted by molar-refractivity contribution is 5.81. The monoisotopic (exact) mass is 233 g/mol. The topological polar surface area (TPSA) is 58.4 Å². The summed E-state index contributed by atoms with van der Waals surface area (Å²) in [5.74, 6) is -0.0649. The molecule has 1 heterocycles. The van der Waals surface area contributed by atoms with Crippen LogP contribution >= 0.6 is 0 Å². The van der Waals surface area contributed by atoms with Gasteiger partial charge in [0.1, 0.15) is 0 Å². The van der Waals surface area contributed by atoms with Crippen molar-refractivity contribution in [1.29, 1.82) is 0 Å². The van der Waals surface area contributed by atoms with Crippen LogP contribution in [0.4, 0.5) is 5.69 Å². The van der Waals surface area contributed by atoms with Crippen molar-refractivity contribution in [3.05, 3.63) is 30.3 Å². The molecule has 1 saturated heterocycles. The van der Waals surface area contributed by atoms with Gasteiger partial charge in [-0.25, -0.2) is 0 Å². The number of hydrogen-bond donors (Lipinski definition) is 2. The van der Waals surface area contributed by atoms with Crippen LogP contribution in [0.25, 0.3) is 0 Å². The first-order valence-electron chi connectivity index (χ1n) is 6.03. The molecule has 1 fully saturated rings. The Kier molecular flexibility index (Phi) is 3.64. The summed E-state index contributed by atoms with van der Waals surface area (Å²) in [6.07, 6.45) is 0.980. The Morgan fingerprint density at radius 2 is 2.18 bits per heavy atom. The van der Waals surface area contributed by atoms with Crippen molar-refractivity contribution >= 4 is 11.6 Å². The lowest BCUT2D eigenvalue weighted by Crippen LogP contribution is -2.44. The Labute approximate surface area is 102 Å². The van der Waals surface area contributed by atoms with Gasteiger partial charge in [-0.3, -0.25) is 4.79 Å². The predicted octanol–water partition coefficient (Wildman–Crippen LogP) is 0.729. The van der Waals surface area contributed by atoms with Crippen LogP contribution in [0.15, 0.2) is 30.3 Å². The third-order valence-electron chi connectivity index (χ3n) is 3.07. The first-order chi connectivity index (χ1) is 8.16. The van der Waals surface area contributed by atoms with Gasteiger partial charge in [-0.1, -0.05) is 18.2 Å². The lowest BCUT2D eigenvalue weighted by atomic mass is 10.2. The van der Waals surface area contributed by atoms with Gasteiger partial charge in [0, 0.05) is 24.8 Å². The molecule has 1 aromatic carbocycles. The van der Waals surface area contributed by atoms with Crippen molar-refractivity contribution < 1.29 is 4.79 Å². The number of carbonyl (C=O) groups is 1. The maximum Gasteiger partial charge on any atom is 0.236 e. The second-order valence-electron chi connectivity index (χ2n) is 4.56. The lowest BCUT2D eigenvalue weighted by Gasteiger charge is -2.19. The van der Waals surface area contributed by atoms with Gasteiger partial charge in [0.15, 0.2) is 0 Å². The molecule has 2 atom stereocenters. The van der Waals surface area contributed by atoms with Crippen LogP contribution in [-0.2, 0) is 4.79 Å². The van der Waals surface area contributed by atoms with Crippen LogP contribution in [0.3, 0.4) is 0 Å². The average molecular weight is 233 g/mol. The molecule has 4 heteroatoms. The van der Waals surface area contributed by atoms with E-state index >= 15 is 0 Å². The molecule has 2 rings (SSSR count). The smallest absolute Gasteiger partial charge is 0.236 e. The SMILES string of the molecule is C[C@@H](N)C(=O)NC1CCN(c2ccccc2)C1. The van der Waals surface area contributed by atoms with Crippen LogP contribution in [0.1, 0.15) is 13.3 Å². The largest absolute Gasteiger partial charge is 0.369 e. The molecule has 0 bridgehead atoms. The fraction of sp³-hybridized carbons (Fsp3) is 0.462. The van der Waals surface area contributed by atoms with Gasteiger partial charge >= 0.3 is 0 Å². The number of anilines is 1. The molecule has 0 aromatic heterocycles. The molecule has 1 aromatic rings. The Hall–Kier alpha value is -1.55. The summed E-state index contributed by atoms with van der Waals surface area (Å²) in [7, 11) is 0. The second kappa shape index (κ2) is 5.19. The average Bonchev–Trinajstić information content (AvgIpc) is 2.78. The summed E-state index contributed by atoms with van der Waals surface area (Å²) in [6, 6.07) is 10.0. The first kappa shape index (κ1) is 11.9. The molecular weight excluding hydrogens is 214 g/mol. The number of amides is 1. The van der Waals surface area contributed by atoms with E-state index in [1.54, 1.807) is 6.92 Å². The summed E-state index contributed by atoms with van der Waals surface area (Å²) >= 11 is 0. The van der Waals surface area contributed by atoms with Crippen LogP contribution in [0.5, 0.6) is 0 Å². The van der Waals surface area contributed by atoms with E-state index in [1.807, 2.05) is 18.2 Å². The molecule has 0 radical (unpaired) electrons. The number of benzene rings is 1. The summed E-state index contributed by atoms with van der Waals surface area (Å²) in [6.45, 7) is 3.55. The molecule has 0 aliphatic carbocycles. The van der Waals surface area contributed by atoms with Crippen molar-refractivity contribution in [2.24, 2.45) is 5.73 Å². The maximum atomic E-state index is 11.5. The van der Waals surface area contributed by atoms with Crippen molar-refractivity contribution in [3.63, 3.8) is 0 Å². The Bertz CT molecular complexity index is 378. The third kappa shape index (κ3) is 2.97. The highest BCUT2D eigenvalue weighted by atomic mass is 16.2. The number of hydrogen-bond acceptors (Lipinski definition) is 3. The van der Waals surface area contributed by atoms with E-state index in [2.05, 4.69) is 22.3 Å². The minimum absolute atomic E-state index is 0.0649. The molecular formula is C13H19N3O. The van der Waals surface area contributed by atoms with Crippen molar-refractivity contribution in [2.45, 2.75) is 25.4 Å².